The summed E-state index contributed by atoms with van der Waals surface area (Å²) in [5.74, 6) is 5.94. The van der Waals surface area contributed by atoms with E-state index >= 15 is 0 Å². The van der Waals surface area contributed by atoms with Crippen molar-refractivity contribution in [3.05, 3.63) is 136 Å². The molecule has 42 heavy (non-hydrogen) atoms. The number of rotatable bonds is 4. The van der Waals surface area contributed by atoms with Gasteiger partial charge in [-0.15, -0.1) is 0 Å². The van der Waals surface area contributed by atoms with E-state index in [2.05, 4.69) is 32.1 Å². The van der Waals surface area contributed by atoms with Crippen molar-refractivity contribution in [2.45, 2.75) is 19.9 Å². The number of nitrogens with two attached hydrogens (primary N) is 1. The summed E-state index contributed by atoms with van der Waals surface area (Å²) < 4.78 is 1.62. The summed E-state index contributed by atoms with van der Waals surface area (Å²) in [6, 6.07) is 21.8. The Labute approximate surface area is 241 Å². The number of pyridine rings is 4. The minimum absolute atomic E-state index is 0.0833. The topological polar surface area (TPSA) is 116 Å². The predicted octanol–water partition coefficient (Wildman–Crippen LogP) is 5.11. The molecule has 4 aromatic heterocycles. The van der Waals surface area contributed by atoms with Crippen LogP contribution in [0.2, 0.25) is 0 Å². The van der Waals surface area contributed by atoms with Gasteiger partial charge in [-0.05, 0) is 67.3 Å². The predicted molar refractivity (Wildman–Crippen MR) is 164 cm³/mol. The van der Waals surface area contributed by atoms with Crippen molar-refractivity contribution in [3.8, 4) is 17.5 Å². The van der Waals surface area contributed by atoms with E-state index in [0.29, 0.717) is 38.6 Å². The fourth-order valence-electron chi connectivity index (χ4n) is 5.01. The van der Waals surface area contributed by atoms with E-state index in [1.165, 1.54) is 0 Å². The highest BCUT2D eigenvalue weighted by atomic mass is 16.2. The smallest absolute Gasteiger partial charge is 0.264 e. The van der Waals surface area contributed by atoms with Gasteiger partial charge in [0.25, 0.3) is 11.5 Å². The molecule has 0 aliphatic rings. The summed E-state index contributed by atoms with van der Waals surface area (Å²) in [6.07, 6.45) is 6.65. The van der Waals surface area contributed by atoms with Crippen LogP contribution in [0.3, 0.4) is 0 Å². The van der Waals surface area contributed by atoms with Crippen molar-refractivity contribution >= 4 is 33.4 Å². The number of aryl methyl sites for hydroxylation is 1. The zero-order valence-corrected chi connectivity index (χ0v) is 23.0. The first-order valence-electron chi connectivity index (χ1n) is 13.4. The highest BCUT2D eigenvalue weighted by Gasteiger charge is 2.23. The number of benzene rings is 2. The molecule has 4 heterocycles. The number of anilines is 1. The third-order valence-corrected chi connectivity index (χ3v) is 7.02. The number of hydrogen-bond acceptors (Lipinski definition) is 6. The summed E-state index contributed by atoms with van der Waals surface area (Å²) in [5.41, 5.74) is 10.2. The second-order valence-electron chi connectivity index (χ2n) is 9.97. The Morgan fingerprint density at radius 2 is 1.71 bits per heavy atom. The van der Waals surface area contributed by atoms with Gasteiger partial charge in [0.2, 0.25) is 0 Å². The van der Waals surface area contributed by atoms with Crippen LogP contribution in [-0.2, 0) is 0 Å². The Morgan fingerprint density at radius 1 is 0.929 bits per heavy atom. The lowest BCUT2D eigenvalue weighted by molar-refractivity contribution is 0.0941. The first-order chi connectivity index (χ1) is 20.4. The average Bonchev–Trinajstić information content (AvgIpc) is 3.00. The highest BCUT2D eigenvalue weighted by molar-refractivity contribution is 6.09. The molecule has 1 atom stereocenters. The van der Waals surface area contributed by atoms with Crippen LogP contribution in [0, 0.1) is 18.8 Å². The normalized spacial score (nSPS) is 11.6. The number of nitrogens with zero attached hydrogens (tertiary/aromatic N) is 4. The molecule has 0 saturated heterocycles. The largest absolute Gasteiger partial charge is 0.383 e. The van der Waals surface area contributed by atoms with E-state index in [0.717, 1.165) is 11.1 Å². The number of fused-ring (bicyclic) bond motifs is 2. The molecule has 204 valence electrons. The number of nitrogen functional groups attached to an aromatic ring is 1. The molecule has 8 nitrogen and oxygen atoms in total. The van der Waals surface area contributed by atoms with Gasteiger partial charge in [-0.2, -0.15) is 0 Å². The molecule has 6 rings (SSSR count). The number of amides is 1. The van der Waals surface area contributed by atoms with Gasteiger partial charge in [-0.25, -0.2) is 4.98 Å². The summed E-state index contributed by atoms with van der Waals surface area (Å²) in [7, 11) is 0. The molecule has 0 aliphatic carbocycles. The Hall–Kier alpha value is -5.81. The first-order valence-corrected chi connectivity index (χ1v) is 13.4. The lowest BCUT2D eigenvalue weighted by Gasteiger charge is -2.21. The summed E-state index contributed by atoms with van der Waals surface area (Å²) in [4.78, 5) is 40.6. The number of hydrogen-bond donors (Lipinski definition) is 2. The van der Waals surface area contributed by atoms with Gasteiger partial charge in [-0.3, -0.25) is 24.1 Å². The van der Waals surface area contributed by atoms with E-state index in [-0.39, 0.29) is 16.9 Å². The molecule has 8 heteroatoms. The molecule has 0 unspecified atom stereocenters. The van der Waals surface area contributed by atoms with E-state index in [9.17, 15) is 9.59 Å². The lowest BCUT2D eigenvalue weighted by Crippen LogP contribution is -2.33. The van der Waals surface area contributed by atoms with Crippen molar-refractivity contribution in [1.29, 1.82) is 0 Å². The molecular weight excluding hydrogens is 524 g/mol. The number of carbonyl (C=O) groups is 1. The quantitative estimate of drug-likeness (QED) is 0.295. The van der Waals surface area contributed by atoms with Crippen molar-refractivity contribution in [2.75, 3.05) is 5.73 Å². The van der Waals surface area contributed by atoms with Gasteiger partial charge in [0.15, 0.2) is 0 Å². The third-order valence-electron chi connectivity index (χ3n) is 7.02. The van der Waals surface area contributed by atoms with Crippen LogP contribution in [0.15, 0.2) is 102 Å². The Kier molecular flexibility index (Phi) is 6.91. The highest BCUT2D eigenvalue weighted by Crippen LogP contribution is 2.25. The molecule has 0 spiro atoms. The number of nitrogens with one attached hydrogen (secondary N) is 1. The van der Waals surface area contributed by atoms with Crippen LogP contribution in [0.25, 0.3) is 27.4 Å². The van der Waals surface area contributed by atoms with Crippen LogP contribution in [-0.4, -0.2) is 25.4 Å². The monoisotopic (exact) mass is 550 g/mol. The molecule has 0 bridgehead atoms. The number of carbonyl (C=O) groups excluding carboxylic acids is 1. The zero-order chi connectivity index (χ0) is 29.2. The average molecular weight is 551 g/mol. The number of aromatic nitrogens is 4. The number of para-hydroxylation sites is 1. The standard InChI is InChI=1S/C34H26N6O2/c1-21-17-26-20-38-32(35)30(31(26)37-19-21)33(41)39-22(2)28-18-25-8-6-7-24(12-11-23-13-15-36-16-14-23)29(25)34(42)40(28)27-9-4-3-5-10-27/h3-10,13-20,22H,1-2H3,(H2,35,38)(H,39,41)/t22-/m0/s1. The SMILES string of the molecule is Cc1cnc2c(C(=O)N[C@@H](C)c3cc4cccc(C#Cc5ccncc5)c4c(=O)n3-c3ccccc3)c(N)ncc2c1. The first kappa shape index (κ1) is 26.4. The minimum atomic E-state index is -0.582. The third kappa shape index (κ3) is 4.95. The van der Waals surface area contributed by atoms with E-state index in [1.54, 1.807) is 29.4 Å². The van der Waals surface area contributed by atoms with Gasteiger partial charge in [-0.1, -0.05) is 42.2 Å². The fourth-order valence-corrected chi connectivity index (χ4v) is 5.01. The molecule has 0 fully saturated rings. The van der Waals surface area contributed by atoms with E-state index < -0.39 is 11.9 Å². The van der Waals surface area contributed by atoms with Gasteiger partial charge in [0, 0.05) is 52.7 Å². The van der Waals surface area contributed by atoms with Crippen LogP contribution in [0.4, 0.5) is 5.82 Å². The van der Waals surface area contributed by atoms with E-state index in [1.807, 2.05) is 86.6 Å². The van der Waals surface area contributed by atoms with Crippen LogP contribution in [0.5, 0.6) is 0 Å². The summed E-state index contributed by atoms with van der Waals surface area (Å²) in [5, 5.41) is 4.96. The molecule has 3 N–H and O–H groups in total. The zero-order valence-electron chi connectivity index (χ0n) is 23.0. The minimum Gasteiger partial charge on any atom is -0.383 e. The molecule has 6 aromatic rings. The molecule has 0 radical (unpaired) electrons. The van der Waals surface area contributed by atoms with Gasteiger partial charge < -0.3 is 11.1 Å². The second-order valence-corrected chi connectivity index (χ2v) is 9.97. The maximum atomic E-state index is 14.2. The second kappa shape index (κ2) is 11.0. The molecule has 0 saturated carbocycles. The molecular formula is C34H26N6O2. The van der Waals surface area contributed by atoms with Crippen LogP contribution in [0.1, 0.15) is 45.7 Å². The van der Waals surface area contributed by atoms with Crippen molar-refractivity contribution < 1.29 is 4.79 Å². The van der Waals surface area contributed by atoms with Crippen LogP contribution < -0.4 is 16.6 Å². The van der Waals surface area contributed by atoms with Crippen molar-refractivity contribution in [3.63, 3.8) is 0 Å². The van der Waals surface area contributed by atoms with Gasteiger partial charge in [0.05, 0.1) is 16.9 Å². The Bertz CT molecular complexity index is 2090. The van der Waals surface area contributed by atoms with Crippen molar-refractivity contribution in [2.24, 2.45) is 0 Å². The van der Waals surface area contributed by atoms with Gasteiger partial charge in [0.1, 0.15) is 11.4 Å². The molecule has 2 aromatic carbocycles. The Morgan fingerprint density at radius 3 is 2.50 bits per heavy atom. The van der Waals surface area contributed by atoms with Crippen LogP contribution >= 0.6 is 0 Å². The molecule has 0 aliphatic heterocycles. The van der Waals surface area contributed by atoms with Crippen molar-refractivity contribution in [1.82, 2.24) is 24.8 Å². The maximum Gasteiger partial charge on any atom is 0.264 e. The fraction of sp³-hybridized carbons (Fsp3) is 0.0882. The van der Waals surface area contributed by atoms with E-state index in [4.69, 9.17) is 5.73 Å². The van der Waals surface area contributed by atoms with Gasteiger partial charge >= 0.3 is 0 Å². The maximum absolute atomic E-state index is 14.2. The summed E-state index contributed by atoms with van der Waals surface area (Å²) in [6.45, 7) is 3.75. The summed E-state index contributed by atoms with van der Waals surface area (Å²) >= 11 is 0. The Balaban J connectivity index is 1.48. The molecule has 1 amide bonds. The lowest BCUT2D eigenvalue weighted by atomic mass is 10.0.